The molecule has 6 heteroatoms. The fourth-order valence-electron chi connectivity index (χ4n) is 3.71. The Morgan fingerprint density at radius 1 is 1.17 bits per heavy atom. The summed E-state index contributed by atoms with van der Waals surface area (Å²) < 4.78 is 1.55. The number of unbranched alkanes of at least 4 members (excludes halogenated alkanes) is 2. The summed E-state index contributed by atoms with van der Waals surface area (Å²) in [7, 11) is 1.71. The van der Waals surface area contributed by atoms with E-state index in [4.69, 9.17) is 16.6 Å². The number of carbonyl (C=O) groups is 1. The lowest BCUT2D eigenvalue weighted by Gasteiger charge is -2.30. The van der Waals surface area contributed by atoms with E-state index in [1.54, 1.807) is 29.8 Å². The summed E-state index contributed by atoms with van der Waals surface area (Å²) in [5.74, 6) is 0.595. The molecule has 0 aliphatic heterocycles. The first kappa shape index (κ1) is 22.0. The van der Waals surface area contributed by atoms with Gasteiger partial charge in [-0.05, 0) is 37.1 Å². The van der Waals surface area contributed by atoms with E-state index in [1.165, 1.54) is 0 Å². The number of rotatable bonds is 8. The van der Waals surface area contributed by atoms with Crippen LogP contribution in [0, 0.1) is 0 Å². The molecule has 30 heavy (non-hydrogen) atoms. The molecule has 0 N–H and O–H groups in total. The highest BCUT2D eigenvalue weighted by atomic mass is 35.5. The zero-order valence-electron chi connectivity index (χ0n) is 17.8. The van der Waals surface area contributed by atoms with Crippen LogP contribution in [0.25, 0.3) is 10.9 Å². The SMILES string of the molecule is CCCCCN(C(=O)Cc1ccccc1)C(C)c1nc2cc(Cl)ccc2c(=O)n1C. The van der Waals surface area contributed by atoms with Gasteiger partial charge in [-0.1, -0.05) is 61.7 Å². The van der Waals surface area contributed by atoms with E-state index >= 15 is 0 Å². The van der Waals surface area contributed by atoms with Crippen LogP contribution < -0.4 is 5.56 Å². The molecule has 1 amide bonds. The molecule has 1 unspecified atom stereocenters. The van der Waals surface area contributed by atoms with Crippen LogP contribution in [-0.2, 0) is 18.3 Å². The molecule has 158 valence electrons. The van der Waals surface area contributed by atoms with Gasteiger partial charge in [0.2, 0.25) is 5.91 Å². The molecule has 3 rings (SSSR count). The Balaban J connectivity index is 1.97. The third kappa shape index (κ3) is 4.90. The van der Waals surface area contributed by atoms with Crippen LogP contribution in [0.15, 0.2) is 53.3 Å². The summed E-state index contributed by atoms with van der Waals surface area (Å²) in [5.41, 5.74) is 1.39. The Morgan fingerprint density at radius 3 is 2.60 bits per heavy atom. The monoisotopic (exact) mass is 425 g/mol. The highest BCUT2D eigenvalue weighted by Crippen LogP contribution is 2.23. The Bertz CT molecular complexity index is 1080. The normalized spacial score (nSPS) is 12.1. The molecule has 0 fully saturated rings. The number of hydrogen-bond donors (Lipinski definition) is 0. The van der Waals surface area contributed by atoms with Crippen molar-refractivity contribution in [1.82, 2.24) is 14.5 Å². The van der Waals surface area contributed by atoms with Crippen LogP contribution in [0.2, 0.25) is 5.02 Å². The quantitative estimate of drug-likeness (QED) is 0.482. The minimum atomic E-state index is -0.334. The fourth-order valence-corrected chi connectivity index (χ4v) is 3.88. The Kier molecular flexibility index (Phi) is 7.27. The number of aromatic nitrogens is 2. The largest absolute Gasteiger partial charge is 0.333 e. The molecule has 0 bridgehead atoms. The van der Waals surface area contributed by atoms with E-state index in [0.29, 0.717) is 34.7 Å². The van der Waals surface area contributed by atoms with Crippen molar-refractivity contribution in [3.8, 4) is 0 Å². The van der Waals surface area contributed by atoms with Gasteiger partial charge in [-0.15, -0.1) is 0 Å². The van der Waals surface area contributed by atoms with E-state index in [-0.39, 0.29) is 17.5 Å². The van der Waals surface area contributed by atoms with Crippen molar-refractivity contribution in [3.05, 3.63) is 75.3 Å². The molecule has 0 aliphatic carbocycles. The molecule has 2 aromatic carbocycles. The molecule has 3 aromatic rings. The van der Waals surface area contributed by atoms with Gasteiger partial charge >= 0.3 is 0 Å². The number of nitrogens with zero attached hydrogens (tertiary/aromatic N) is 3. The van der Waals surface area contributed by atoms with E-state index < -0.39 is 0 Å². The molecule has 1 atom stereocenters. The van der Waals surface area contributed by atoms with Gasteiger partial charge in [0, 0.05) is 18.6 Å². The number of halogens is 1. The van der Waals surface area contributed by atoms with Crippen molar-refractivity contribution in [1.29, 1.82) is 0 Å². The van der Waals surface area contributed by atoms with Crippen molar-refractivity contribution >= 4 is 28.4 Å². The van der Waals surface area contributed by atoms with Gasteiger partial charge in [0.1, 0.15) is 5.82 Å². The molecule has 1 heterocycles. The fraction of sp³-hybridized carbons (Fsp3) is 0.375. The zero-order chi connectivity index (χ0) is 21.7. The van der Waals surface area contributed by atoms with Crippen LogP contribution in [0.4, 0.5) is 0 Å². The highest BCUT2D eigenvalue weighted by Gasteiger charge is 2.25. The van der Waals surface area contributed by atoms with Gasteiger partial charge in [0.25, 0.3) is 5.56 Å². The van der Waals surface area contributed by atoms with Crippen LogP contribution in [0.5, 0.6) is 0 Å². The summed E-state index contributed by atoms with van der Waals surface area (Å²) in [6.45, 7) is 4.70. The minimum absolute atomic E-state index is 0.0326. The topological polar surface area (TPSA) is 55.2 Å². The summed E-state index contributed by atoms with van der Waals surface area (Å²) in [6.07, 6.45) is 3.35. The summed E-state index contributed by atoms with van der Waals surface area (Å²) in [6, 6.07) is 14.5. The molecular weight excluding hydrogens is 398 g/mol. The first-order valence-electron chi connectivity index (χ1n) is 10.4. The van der Waals surface area contributed by atoms with Crippen LogP contribution in [0.3, 0.4) is 0 Å². The molecule has 0 spiro atoms. The summed E-state index contributed by atoms with van der Waals surface area (Å²) >= 11 is 6.12. The van der Waals surface area contributed by atoms with Crippen molar-refractivity contribution < 1.29 is 4.79 Å². The number of carbonyl (C=O) groups excluding carboxylic acids is 1. The number of amides is 1. The Labute approximate surface area is 182 Å². The molecule has 0 saturated heterocycles. The second-order valence-corrected chi connectivity index (χ2v) is 8.06. The summed E-state index contributed by atoms with van der Waals surface area (Å²) in [5, 5.41) is 1.05. The molecule has 0 aliphatic rings. The smallest absolute Gasteiger partial charge is 0.261 e. The molecule has 0 saturated carbocycles. The number of fused-ring (bicyclic) bond motifs is 1. The van der Waals surface area contributed by atoms with Crippen LogP contribution >= 0.6 is 11.6 Å². The zero-order valence-corrected chi connectivity index (χ0v) is 18.5. The average Bonchev–Trinajstić information content (AvgIpc) is 2.74. The standard InChI is InChI=1S/C24H28ClN3O2/c1-4-5-9-14-28(22(29)15-18-10-7-6-8-11-18)17(2)23-26-21-16-19(25)12-13-20(21)24(30)27(23)3/h6-8,10-13,16-17H,4-5,9,14-15H2,1-3H3. The molecular formula is C24H28ClN3O2. The Morgan fingerprint density at radius 2 is 1.90 bits per heavy atom. The van der Waals surface area contributed by atoms with E-state index in [0.717, 1.165) is 24.8 Å². The van der Waals surface area contributed by atoms with E-state index in [2.05, 4.69) is 6.92 Å². The van der Waals surface area contributed by atoms with Crippen molar-refractivity contribution in [2.45, 2.75) is 45.6 Å². The van der Waals surface area contributed by atoms with Gasteiger partial charge < -0.3 is 4.90 Å². The molecule has 1 aromatic heterocycles. The van der Waals surface area contributed by atoms with Gasteiger partial charge in [-0.25, -0.2) is 4.98 Å². The van der Waals surface area contributed by atoms with Gasteiger partial charge in [0.05, 0.1) is 23.4 Å². The van der Waals surface area contributed by atoms with Crippen molar-refractivity contribution in [2.24, 2.45) is 7.05 Å². The van der Waals surface area contributed by atoms with Crippen molar-refractivity contribution in [3.63, 3.8) is 0 Å². The maximum absolute atomic E-state index is 13.2. The predicted molar refractivity (Wildman–Crippen MR) is 122 cm³/mol. The van der Waals surface area contributed by atoms with Crippen LogP contribution in [0.1, 0.15) is 50.5 Å². The third-order valence-corrected chi connectivity index (χ3v) is 5.67. The summed E-state index contributed by atoms with van der Waals surface area (Å²) in [4.78, 5) is 32.7. The molecule has 0 radical (unpaired) electrons. The van der Waals surface area contributed by atoms with Gasteiger partial charge in [-0.2, -0.15) is 0 Å². The van der Waals surface area contributed by atoms with Crippen molar-refractivity contribution in [2.75, 3.05) is 6.54 Å². The predicted octanol–water partition coefficient (Wildman–Crippen LogP) is 4.91. The second-order valence-electron chi connectivity index (χ2n) is 7.63. The molecule has 5 nitrogen and oxygen atoms in total. The lowest BCUT2D eigenvalue weighted by molar-refractivity contribution is -0.133. The lowest BCUT2D eigenvalue weighted by atomic mass is 10.1. The third-order valence-electron chi connectivity index (χ3n) is 5.44. The average molecular weight is 426 g/mol. The Hall–Kier alpha value is -2.66. The first-order valence-corrected chi connectivity index (χ1v) is 10.8. The maximum atomic E-state index is 13.2. The van der Waals surface area contributed by atoms with Crippen LogP contribution in [-0.4, -0.2) is 26.9 Å². The lowest BCUT2D eigenvalue weighted by Crippen LogP contribution is -2.38. The van der Waals surface area contributed by atoms with Gasteiger partial charge in [0.15, 0.2) is 0 Å². The number of benzene rings is 2. The van der Waals surface area contributed by atoms with E-state index in [1.807, 2.05) is 42.2 Å². The van der Waals surface area contributed by atoms with E-state index in [9.17, 15) is 9.59 Å². The maximum Gasteiger partial charge on any atom is 0.261 e. The number of hydrogen-bond acceptors (Lipinski definition) is 3. The minimum Gasteiger partial charge on any atom is -0.333 e. The first-order chi connectivity index (χ1) is 14.4. The highest BCUT2D eigenvalue weighted by molar-refractivity contribution is 6.31. The second kappa shape index (κ2) is 9.90. The van der Waals surface area contributed by atoms with Gasteiger partial charge in [-0.3, -0.25) is 14.2 Å².